The van der Waals surface area contributed by atoms with Gasteiger partial charge in [-0.1, -0.05) is 59.1 Å². The standard InChI is InChI=1S/C17H15Cl3N2O/c1-9-4-5-12(10(2)8-9)17(23)22-21-11(3)13-6-7-14(18)16(20)15(13)19/h4-8,21H,3H2,1-2H3,(H,22,23). The van der Waals surface area contributed by atoms with Crippen LogP contribution in [0.15, 0.2) is 36.9 Å². The molecule has 0 unspecified atom stereocenters. The quantitative estimate of drug-likeness (QED) is 0.576. The summed E-state index contributed by atoms with van der Waals surface area (Å²) in [5, 5.41) is 0.874. The number of nitrogens with one attached hydrogen (secondary N) is 2. The lowest BCUT2D eigenvalue weighted by atomic mass is 10.1. The highest BCUT2D eigenvalue weighted by molar-refractivity contribution is 6.48. The molecule has 0 atom stereocenters. The van der Waals surface area contributed by atoms with Gasteiger partial charge in [-0.15, -0.1) is 0 Å². The number of carbonyl (C=O) groups excluding carboxylic acids is 1. The fraction of sp³-hybridized carbons (Fsp3) is 0.118. The molecule has 0 aliphatic rings. The molecule has 0 saturated heterocycles. The van der Waals surface area contributed by atoms with Gasteiger partial charge in [0.1, 0.15) is 0 Å². The molecule has 23 heavy (non-hydrogen) atoms. The third-order valence-electron chi connectivity index (χ3n) is 3.31. The van der Waals surface area contributed by atoms with Crippen molar-refractivity contribution in [3.8, 4) is 0 Å². The maximum Gasteiger partial charge on any atom is 0.269 e. The van der Waals surface area contributed by atoms with Crippen molar-refractivity contribution < 1.29 is 4.79 Å². The zero-order valence-corrected chi connectivity index (χ0v) is 14.9. The molecule has 1 amide bonds. The van der Waals surface area contributed by atoms with Gasteiger partial charge in [0, 0.05) is 11.1 Å². The van der Waals surface area contributed by atoms with Crippen molar-refractivity contribution in [1.82, 2.24) is 10.9 Å². The van der Waals surface area contributed by atoms with Gasteiger partial charge < -0.3 is 0 Å². The summed E-state index contributed by atoms with van der Waals surface area (Å²) in [6, 6.07) is 8.89. The molecule has 2 aromatic rings. The first-order valence-electron chi connectivity index (χ1n) is 6.77. The minimum atomic E-state index is -0.264. The molecule has 0 aliphatic heterocycles. The van der Waals surface area contributed by atoms with Gasteiger partial charge >= 0.3 is 0 Å². The molecule has 6 heteroatoms. The van der Waals surface area contributed by atoms with Gasteiger partial charge in [0.15, 0.2) is 0 Å². The summed E-state index contributed by atoms with van der Waals surface area (Å²) in [7, 11) is 0. The molecule has 0 aliphatic carbocycles. The second-order valence-electron chi connectivity index (χ2n) is 5.10. The molecule has 0 saturated carbocycles. The Morgan fingerprint density at radius 3 is 2.26 bits per heavy atom. The van der Waals surface area contributed by atoms with E-state index in [-0.39, 0.29) is 16.0 Å². The highest BCUT2D eigenvalue weighted by Gasteiger charge is 2.13. The number of carbonyl (C=O) groups is 1. The van der Waals surface area contributed by atoms with Crippen LogP contribution in [0.2, 0.25) is 15.1 Å². The fourth-order valence-corrected chi connectivity index (χ4v) is 2.74. The maximum absolute atomic E-state index is 12.2. The third kappa shape index (κ3) is 3.99. The highest BCUT2D eigenvalue weighted by atomic mass is 35.5. The van der Waals surface area contributed by atoms with Crippen LogP contribution in [0.1, 0.15) is 27.0 Å². The number of benzene rings is 2. The average molecular weight is 370 g/mol. The largest absolute Gasteiger partial charge is 0.298 e. The Labute approximate surface area is 150 Å². The lowest BCUT2D eigenvalue weighted by molar-refractivity contribution is 0.0942. The second kappa shape index (κ2) is 7.26. The van der Waals surface area contributed by atoms with E-state index in [0.717, 1.165) is 11.1 Å². The summed E-state index contributed by atoms with van der Waals surface area (Å²) in [6.45, 7) is 7.70. The van der Waals surface area contributed by atoms with Crippen LogP contribution < -0.4 is 10.9 Å². The molecule has 120 valence electrons. The fourth-order valence-electron chi connectivity index (χ4n) is 2.09. The number of hydrogen-bond acceptors (Lipinski definition) is 2. The average Bonchev–Trinajstić information content (AvgIpc) is 2.50. The van der Waals surface area contributed by atoms with Crippen LogP contribution in [0, 0.1) is 13.8 Å². The minimum Gasteiger partial charge on any atom is -0.298 e. The van der Waals surface area contributed by atoms with Crippen LogP contribution in [0.3, 0.4) is 0 Å². The van der Waals surface area contributed by atoms with Crippen LogP contribution in [0.25, 0.3) is 5.70 Å². The highest BCUT2D eigenvalue weighted by Crippen LogP contribution is 2.34. The van der Waals surface area contributed by atoms with Gasteiger partial charge in [0.05, 0.1) is 20.8 Å². The molecular formula is C17H15Cl3N2O. The topological polar surface area (TPSA) is 41.1 Å². The van der Waals surface area contributed by atoms with Crippen LogP contribution in [0.5, 0.6) is 0 Å². The van der Waals surface area contributed by atoms with Gasteiger partial charge in [-0.05, 0) is 37.6 Å². The molecule has 0 bridgehead atoms. The Balaban J connectivity index is 2.10. The Bertz CT molecular complexity index is 788. The molecule has 0 fully saturated rings. The van der Waals surface area contributed by atoms with E-state index in [1.54, 1.807) is 18.2 Å². The number of hydrogen-bond donors (Lipinski definition) is 2. The van der Waals surface area contributed by atoms with E-state index in [1.807, 2.05) is 26.0 Å². The van der Waals surface area contributed by atoms with Gasteiger partial charge in [0.2, 0.25) is 0 Å². The Morgan fingerprint density at radius 1 is 0.957 bits per heavy atom. The molecule has 0 spiro atoms. The molecule has 0 heterocycles. The van der Waals surface area contributed by atoms with Crippen LogP contribution in [0.4, 0.5) is 0 Å². The Hall–Kier alpha value is -1.68. The monoisotopic (exact) mass is 368 g/mol. The predicted octanol–water partition coefficient (Wildman–Crippen LogP) is 5.17. The van der Waals surface area contributed by atoms with Gasteiger partial charge in [-0.2, -0.15) is 0 Å². The van der Waals surface area contributed by atoms with E-state index in [1.165, 1.54) is 0 Å². The van der Waals surface area contributed by atoms with Crippen molar-refractivity contribution in [2.75, 3.05) is 0 Å². The first-order chi connectivity index (χ1) is 10.8. The zero-order chi connectivity index (χ0) is 17.1. The number of rotatable bonds is 4. The van der Waals surface area contributed by atoms with Crippen molar-refractivity contribution in [3.05, 3.63) is 74.2 Å². The van der Waals surface area contributed by atoms with E-state index in [9.17, 15) is 4.79 Å². The Kier molecular flexibility index (Phi) is 5.58. The normalized spacial score (nSPS) is 10.3. The van der Waals surface area contributed by atoms with E-state index < -0.39 is 0 Å². The summed E-state index contributed by atoms with van der Waals surface area (Å²) < 4.78 is 0. The molecule has 2 rings (SSSR count). The van der Waals surface area contributed by atoms with E-state index >= 15 is 0 Å². The van der Waals surface area contributed by atoms with Crippen molar-refractivity contribution >= 4 is 46.4 Å². The third-order valence-corrected chi connectivity index (χ3v) is 4.61. The van der Waals surface area contributed by atoms with E-state index in [2.05, 4.69) is 17.4 Å². The zero-order valence-electron chi connectivity index (χ0n) is 12.6. The van der Waals surface area contributed by atoms with Crippen molar-refractivity contribution in [2.24, 2.45) is 0 Å². The van der Waals surface area contributed by atoms with Crippen LogP contribution in [-0.4, -0.2) is 5.91 Å². The SMILES string of the molecule is C=C(NNC(=O)c1ccc(C)cc1C)c1ccc(Cl)c(Cl)c1Cl. The van der Waals surface area contributed by atoms with Gasteiger partial charge in [0.25, 0.3) is 5.91 Å². The predicted molar refractivity (Wildman–Crippen MR) is 97.0 cm³/mol. The molecule has 2 aromatic carbocycles. The van der Waals surface area contributed by atoms with Crippen molar-refractivity contribution in [2.45, 2.75) is 13.8 Å². The summed E-state index contributed by atoms with van der Waals surface area (Å²) in [5.41, 5.74) is 8.88. The second-order valence-corrected chi connectivity index (χ2v) is 6.26. The molecule has 2 N–H and O–H groups in total. The lowest BCUT2D eigenvalue weighted by Crippen LogP contribution is -2.36. The summed E-state index contributed by atoms with van der Waals surface area (Å²) >= 11 is 18.0. The van der Waals surface area contributed by atoms with E-state index in [4.69, 9.17) is 34.8 Å². The van der Waals surface area contributed by atoms with Gasteiger partial charge in [-0.25, -0.2) is 0 Å². The van der Waals surface area contributed by atoms with Crippen molar-refractivity contribution in [1.29, 1.82) is 0 Å². The maximum atomic E-state index is 12.2. The first-order valence-corrected chi connectivity index (χ1v) is 7.91. The van der Waals surface area contributed by atoms with Crippen molar-refractivity contribution in [3.63, 3.8) is 0 Å². The van der Waals surface area contributed by atoms with Crippen LogP contribution >= 0.6 is 34.8 Å². The van der Waals surface area contributed by atoms with E-state index in [0.29, 0.717) is 21.8 Å². The smallest absolute Gasteiger partial charge is 0.269 e. The molecular weight excluding hydrogens is 355 g/mol. The Morgan fingerprint density at radius 2 is 1.61 bits per heavy atom. The number of amides is 1. The lowest BCUT2D eigenvalue weighted by Gasteiger charge is -2.14. The molecule has 0 radical (unpaired) electrons. The molecule has 3 nitrogen and oxygen atoms in total. The van der Waals surface area contributed by atoms with Crippen LogP contribution in [-0.2, 0) is 0 Å². The number of halogens is 3. The summed E-state index contributed by atoms with van der Waals surface area (Å²) in [5.74, 6) is -0.264. The molecule has 0 aromatic heterocycles. The number of aryl methyl sites for hydroxylation is 2. The summed E-state index contributed by atoms with van der Waals surface area (Å²) in [4.78, 5) is 12.2. The first kappa shape index (κ1) is 17.7. The number of hydrazine groups is 1. The van der Waals surface area contributed by atoms with Gasteiger partial charge in [-0.3, -0.25) is 15.6 Å². The minimum absolute atomic E-state index is 0.245. The summed E-state index contributed by atoms with van der Waals surface area (Å²) in [6.07, 6.45) is 0.